The van der Waals surface area contributed by atoms with E-state index in [0.717, 1.165) is 17.3 Å². The van der Waals surface area contributed by atoms with Gasteiger partial charge in [0.05, 0.1) is 34.5 Å². The van der Waals surface area contributed by atoms with Crippen molar-refractivity contribution >= 4 is 40.8 Å². The molecule has 1 amide bonds. The monoisotopic (exact) mass is 471 g/mol. The number of carboxylic acids is 1. The lowest BCUT2D eigenvalue weighted by atomic mass is 10.1. The number of hydrazone groups is 1. The number of aromatic nitrogens is 2. The Balaban J connectivity index is 1.53. The van der Waals surface area contributed by atoms with Gasteiger partial charge in [0.15, 0.2) is 5.16 Å². The van der Waals surface area contributed by atoms with Gasteiger partial charge in [0.2, 0.25) is 0 Å². The van der Waals surface area contributed by atoms with E-state index in [0.29, 0.717) is 27.3 Å². The molecule has 1 N–H and O–H groups in total. The highest BCUT2D eigenvalue weighted by atomic mass is 32.2. The summed E-state index contributed by atoms with van der Waals surface area (Å²) in [6.45, 7) is 1.91. The van der Waals surface area contributed by atoms with Crippen LogP contribution in [0.3, 0.4) is 0 Å². The molecule has 0 spiro atoms. The molecule has 1 aromatic heterocycles. The Bertz CT molecular complexity index is 1460. The molecule has 0 radical (unpaired) electrons. The number of para-hydroxylation sites is 2. The average Bonchev–Trinajstić information content (AvgIpc) is 2.84. The summed E-state index contributed by atoms with van der Waals surface area (Å²) in [5.74, 6) is -1.66. The van der Waals surface area contributed by atoms with Gasteiger partial charge in [-0.1, -0.05) is 66.4 Å². The van der Waals surface area contributed by atoms with E-state index in [4.69, 9.17) is 0 Å². The fraction of sp³-hybridized carbons (Fsp3) is 0.0800. The lowest BCUT2D eigenvalue weighted by Crippen LogP contribution is -2.24. The third-order valence-corrected chi connectivity index (χ3v) is 5.92. The summed E-state index contributed by atoms with van der Waals surface area (Å²) in [4.78, 5) is 41.1. The molecule has 0 saturated heterocycles. The SMILES string of the molecule is Cc1ccccc1-n1c(SCC(=O)N/N=C\c2ccc(C(=O)[O-])cc2)nc2ccccc2c1=O. The Hall–Kier alpha value is -4.24. The molecule has 4 aromatic rings. The molecule has 3 aromatic carbocycles. The minimum atomic E-state index is -1.26. The summed E-state index contributed by atoms with van der Waals surface area (Å²) in [6, 6.07) is 20.5. The van der Waals surface area contributed by atoms with Crippen molar-refractivity contribution in [1.82, 2.24) is 15.0 Å². The number of benzene rings is 3. The third kappa shape index (κ3) is 5.05. The molecular weight excluding hydrogens is 452 g/mol. The van der Waals surface area contributed by atoms with Crippen LogP contribution in [0.25, 0.3) is 16.6 Å². The molecular formula is C25H19N4O4S-. The van der Waals surface area contributed by atoms with E-state index in [1.807, 2.05) is 37.3 Å². The van der Waals surface area contributed by atoms with Gasteiger partial charge >= 0.3 is 0 Å². The summed E-state index contributed by atoms with van der Waals surface area (Å²) in [7, 11) is 0. The van der Waals surface area contributed by atoms with E-state index < -0.39 is 5.97 Å². The van der Waals surface area contributed by atoms with E-state index in [-0.39, 0.29) is 22.8 Å². The van der Waals surface area contributed by atoms with Gasteiger partial charge in [-0.3, -0.25) is 14.2 Å². The molecule has 0 unspecified atom stereocenters. The molecule has 170 valence electrons. The zero-order valence-electron chi connectivity index (χ0n) is 18.1. The molecule has 8 nitrogen and oxygen atoms in total. The van der Waals surface area contributed by atoms with Crippen LogP contribution in [-0.4, -0.2) is 33.4 Å². The zero-order valence-corrected chi connectivity index (χ0v) is 18.9. The number of nitrogens with one attached hydrogen (secondary N) is 1. The number of carbonyl (C=O) groups excluding carboxylic acids is 2. The molecule has 34 heavy (non-hydrogen) atoms. The highest BCUT2D eigenvalue weighted by molar-refractivity contribution is 7.99. The number of hydrogen-bond acceptors (Lipinski definition) is 7. The molecule has 0 bridgehead atoms. The average molecular weight is 472 g/mol. The van der Waals surface area contributed by atoms with Crippen LogP contribution in [0.15, 0.2) is 87.8 Å². The van der Waals surface area contributed by atoms with Crippen molar-refractivity contribution in [3.63, 3.8) is 0 Å². The second-order valence-corrected chi connectivity index (χ2v) is 8.27. The fourth-order valence-electron chi connectivity index (χ4n) is 3.28. The van der Waals surface area contributed by atoms with Crippen molar-refractivity contribution in [3.8, 4) is 5.69 Å². The normalized spacial score (nSPS) is 11.1. The molecule has 0 aliphatic carbocycles. The van der Waals surface area contributed by atoms with E-state index in [9.17, 15) is 19.5 Å². The number of thioether (sulfide) groups is 1. The van der Waals surface area contributed by atoms with Gasteiger partial charge in [0.25, 0.3) is 11.5 Å². The Labute approximate surface area is 199 Å². The molecule has 0 atom stereocenters. The number of aromatic carboxylic acids is 1. The molecule has 0 saturated carbocycles. The zero-order chi connectivity index (χ0) is 24.1. The predicted octanol–water partition coefficient (Wildman–Crippen LogP) is 2.30. The first-order chi connectivity index (χ1) is 16.4. The van der Waals surface area contributed by atoms with Crippen LogP contribution in [0, 0.1) is 6.92 Å². The number of carboxylic acid groups (broad SMARTS) is 1. The van der Waals surface area contributed by atoms with Gasteiger partial charge in [-0.05, 0) is 41.8 Å². The summed E-state index contributed by atoms with van der Waals surface area (Å²) in [5, 5.41) is 15.6. The Morgan fingerprint density at radius 2 is 1.76 bits per heavy atom. The largest absolute Gasteiger partial charge is 0.545 e. The van der Waals surface area contributed by atoms with E-state index in [1.165, 1.54) is 22.9 Å². The van der Waals surface area contributed by atoms with Gasteiger partial charge in [0.1, 0.15) is 0 Å². The summed E-state index contributed by atoms with van der Waals surface area (Å²) >= 11 is 1.13. The number of hydrogen-bond donors (Lipinski definition) is 1. The van der Waals surface area contributed by atoms with Crippen LogP contribution in [0.4, 0.5) is 0 Å². The first-order valence-electron chi connectivity index (χ1n) is 10.3. The van der Waals surface area contributed by atoms with Crippen molar-refractivity contribution in [2.45, 2.75) is 12.1 Å². The number of carbonyl (C=O) groups is 2. The highest BCUT2D eigenvalue weighted by Crippen LogP contribution is 2.23. The van der Waals surface area contributed by atoms with Crippen molar-refractivity contribution in [3.05, 3.63) is 99.8 Å². The van der Waals surface area contributed by atoms with Crippen LogP contribution < -0.4 is 16.1 Å². The fourth-order valence-corrected chi connectivity index (χ4v) is 4.08. The number of amides is 1. The van der Waals surface area contributed by atoms with Crippen LogP contribution >= 0.6 is 11.8 Å². The maximum Gasteiger partial charge on any atom is 0.266 e. The van der Waals surface area contributed by atoms with Crippen molar-refractivity contribution in [1.29, 1.82) is 0 Å². The summed E-state index contributed by atoms with van der Waals surface area (Å²) in [6.07, 6.45) is 1.40. The Morgan fingerprint density at radius 1 is 1.06 bits per heavy atom. The van der Waals surface area contributed by atoms with Gasteiger partial charge < -0.3 is 9.90 Å². The minimum absolute atomic E-state index is 0.0162. The van der Waals surface area contributed by atoms with Gasteiger partial charge in [-0.15, -0.1) is 0 Å². The first kappa shape index (κ1) is 22.9. The lowest BCUT2D eigenvalue weighted by molar-refractivity contribution is -0.255. The van der Waals surface area contributed by atoms with E-state index >= 15 is 0 Å². The molecule has 9 heteroatoms. The molecule has 0 aliphatic heterocycles. The smallest absolute Gasteiger partial charge is 0.266 e. The van der Waals surface area contributed by atoms with Crippen LogP contribution in [0.1, 0.15) is 21.5 Å². The van der Waals surface area contributed by atoms with Crippen LogP contribution in [-0.2, 0) is 4.79 Å². The molecule has 0 fully saturated rings. The van der Waals surface area contributed by atoms with E-state index in [2.05, 4.69) is 15.5 Å². The van der Waals surface area contributed by atoms with Crippen molar-refractivity contribution < 1.29 is 14.7 Å². The quantitative estimate of drug-likeness (QED) is 0.191. The molecule has 4 rings (SSSR count). The maximum absolute atomic E-state index is 13.3. The number of nitrogens with zero attached hydrogens (tertiary/aromatic N) is 3. The number of rotatable bonds is 7. The van der Waals surface area contributed by atoms with Gasteiger partial charge in [-0.25, -0.2) is 10.4 Å². The summed E-state index contributed by atoms with van der Waals surface area (Å²) < 4.78 is 1.53. The van der Waals surface area contributed by atoms with E-state index in [1.54, 1.807) is 30.3 Å². The van der Waals surface area contributed by atoms with Crippen LogP contribution in [0.2, 0.25) is 0 Å². The Morgan fingerprint density at radius 3 is 2.50 bits per heavy atom. The number of fused-ring (bicyclic) bond motifs is 1. The second kappa shape index (κ2) is 10.1. The highest BCUT2D eigenvalue weighted by Gasteiger charge is 2.15. The first-order valence-corrected chi connectivity index (χ1v) is 11.3. The second-order valence-electron chi connectivity index (χ2n) is 7.33. The molecule has 1 heterocycles. The van der Waals surface area contributed by atoms with Crippen LogP contribution in [0.5, 0.6) is 0 Å². The number of aryl methyl sites for hydroxylation is 1. The summed E-state index contributed by atoms with van der Waals surface area (Å²) in [5.41, 5.74) is 5.05. The topological polar surface area (TPSA) is 116 Å². The van der Waals surface area contributed by atoms with Crippen molar-refractivity contribution in [2.24, 2.45) is 5.10 Å². The maximum atomic E-state index is 13.3. The minimum Gasteiger partial charge on any atom is -0.545 e. The van der Waals surface area contributed by atoms with Gasteiger partial charge in [0, 0.05) is 0 Å². The van der Waals surface area contributed by atoms with Gasteiger partial charge in [-0.2, -0.15) is 5.10 Å². The van der Waals surface area contributed by atoms with Crippen molar-refractivity contribution in [2.75, 3.05) is 5.75 Å². The lowest BCUT2D eigenvalue weighted by Gasteiger charge is -2.14. The standard InChI is InChI=1S/C25H20N4O4S/c1-16-6-2-5-9-21(16)29-23(31)19-7-3-4-8-20(19)27-25(29)34-15-22(30)28-26-14-17-10-12-18(13-11-17)24(32)33/h2-14H,15H2,1H3,(H,28,30)(H,32,33)/p-1/b26-14-. The third-order valence-electron chi connectivity index (χ3n) is 4.98. The predicted molar refractivity (Wildman–Crippen MR) is 129 cm³/mol. The Kier molecular flexibility index (Phi) is 6.84. The molecule has 0 aliphatic rings.